The highest BCUT2D eigenvalue weighted by molar-refractivity contribution is 4.94. The summed E-state index contributed by atoms with van der Waals surface area (Å²) in [5.74, 6) is 1.02. The van der Waals surface area contributed by atoms with E-state index >= 15 is 0 Å². The van der Waals surface area contributed by atoms with Crippen LogP contribution in [0.5, 0.6) is 0 Å². The van der Waals surface area contributed by atoms with Crippen LogP contribution < -0.4 is 5.73 Å². The van der Waals surface area contributed by atoms with Gasteiger partial charge in [-0.05, 0) is 26.3 Å². The Labute approximate surface area is 90.3 Å². The Morgan fingerprint density at radius 2 is 2.40 bits per heavy atom. The Morgan fingerprint density at radius 1 is 1.60 bits per heavy atom. The monoisotopic (exact) mass is 209 g/mol. The maximum Gasteiger partial charge on any atom is 0.149 e. The summed E-state index contributed by atoms with van der Waals surface area (Å²) >= 11 is 0. The van der Waals surface area contributed by atoms with Crippen molar-refractivity contribution in [1.82, 2.24) is 19.7 Å². The molecule has 1 aliphatic heterocycles. The molecule has 1 aromatic heterocycles. The smallest absolute Gasteiger partial charge is 0.149 e. The maximum absolute atomic E-state index is 5.97. The first-order chi connectivity index (χ1) is 7.18. The van der Waals surface area contributed by atoms with Crippen molar-refractivity contribution in [3.63, 3.8) is 0 Å². The summed E-state index contributed by atoms with van der Waals surface area (Å²) in [5.41, 5.74) is 5.97. The van der Waals surface area contributed by atoms with Crippen LogP contribution >= 0.6 is 0 Å². The second kappa shape index (κ2) is 4.28. The fraction of sp³-hybridized carbons (Fsp3) is 0.800. The number of nitrogens with zero attached hydrogens (tertiary/aromatic N) is 4. The topological polar surface area (TPSA) is 60.0 Å². The van der Waals surface area contributed by atoms with Crippen LogP contribution in [0.1, 0.15) is 31.6 Å². The lowest BCUT2D eigenvalue weighted by molar-refractivity contribution is 0.152. The van der Waals surface area contributed by atoms with Crippen molar-refractivity contribution in [2.75, 3.05) is 13.1 Å². The second-order valence-electron chi connectivity index (χ2n) is 4.37. The molecule has 1 saturated heterocycles. The highest BCUT2D eigenvalue weighted by Gasteiger charge is 2.24. The van der Waals surface area contributed by atoms with Crippen LogP contribution in [-0.4, -0.2) is 38.8 Å². The Hall–Kier alpha value is -0.940. The molecule has 15 heavy (non-hydrogen) atoms. The van der Waals surface area contributed by atoms with E-state index in [1.807, 2.05) is 11.6 Å². The molecule has 1 fully saturated rings. The SMILES string of the molecule is CC(c1nncn1C)N1CCCC(N)C1. The largest absolute Gasteiger partial charge is 0.327 e. The Kier molecular flexibility index (Phi) is 3.02. The molecule has 5 nitrogen and oxygen atoms in total. The molecule has 0 radical (unpaired) electrons. The standard InChI is InChI=1S/C10H19N5/c1-8(10-13-12-7-14(10)2)15-5-3-4-9(11)6-15/h7-9H,3-6,11H2,1-2H3. The summed E-state index contributed by atoms with van der Waals surface area (Å²) in [6, 6.07) is 0.623. The van der Waals surface area contributed by atoms with E-state index in [0.717, 1.165) is 25.3 Å². The van der Waals surface area contributed by atoms with Gasteiger partial charge in [0, 0.05) is 19.6 Å². The van der Waals surface area contributed by atoms with Crippen LogP contribution in [-0.2, 0) is 7.05 Å². The minimum Gasteiger partial charge on any atom is -0.327 e. The van der Waals surface area contributed by atoms with Gasteiger partial charge in [-0.15, -0.1) is 10.2 Å². The number of likely N-dealkylation sites (tertiary alicyclic amines) is 1. The van der Waals surface area contributed by atoms with E-state index in [1.165, 1.54) is 6.42 Å². The van der Waals surface area contributed by atoms with E-state index in [9.17, 15) is 0 Å². The molecule has 84 valence electrons. The van der Waals surface area contributed by atoms with E-state index in [-0.39, 0.29) is 0 Å². The van der Waals surface area contributed by atoms with Crippen molar-refractivity contribution in [1.29, 1.82) is 0 Å². The summed E-state index contributed by atoms with van der Waals surface area (Å²) < 4.78 is 1.98. The van der Waals surface area contributed by atoms with E-state index in [1.54, 1.807) is 6.33 Å². The third-order valence-electron chi connectivity index (χ3n) is 3.16. The van der Waals surface area contributed by atoms with Crippen molar-refractivity contribution in [3.8, 4) is 0 Å². The van der Waals surface area contributed by atoms with E-state index in [0.29, 0.717) is 12.1 Å². The molecule has 1 aliphatic rings. The predicted molar refractivity (Wildman–Crippen MR) is 58.2 cm³/mol. The zero-order valence-corrected chi connectivity index (χ0v) is 9.43. The summed E-state index contributed by atoms with van der Waals surface area (Å²) in [6.45, 7) is 4.25. The minimum absolute atomic E-state index is 0.309. The van der Waals surface area contributed by atoms with Crippen LogP contribution in [0.2, 0.25) is 0 Å². The summed E-state index contributed by atoms with van der Waals surface area (Å²) in [7, 11) is 1.98. The fourth-order valence-electron chi connectivity index (χ4n) is 2.23. The molecule has 0 spiro atoms. The van der Waals surface area contributed by atoms with Crippen LogP contribution in [0.3, 0.4) is 0 Å². The van der Waals surface area contributed by atoms with Gasteiger partial charge in [-0.25, -0.2) is 0 Å². The highest BCUT2D eigenvalue weighted by Crippen LogP contribution is 2.21. The molecule has 0 bridgehead atoms. The van der Waals surface area contributed by atoms with Crippen molar-refractivity contribution < 1.29 is 0 Å². The van der Waals surface area contributed by atoms with Gasteiger partial charge in [0.25, 0.3) is 0 Å². The van der Waals surface area contributed by atoms with Gasteiger partial charge in [0.1, 0.15) is 12.2 Å². The molecule has 2 heterocycles. The van der Waals surface area contributed by atoms with E-state index in [2.05, 4.69) is 22.0 Å². The first kappa shape index (κ1) is 10.6. The molecule has 0 aromatic carbocycles. The number of aromatic nitrogens is 3. The van der Waals surface area contributed by atoms with Crippen LogP contribution in [0.4, 0.5) is 0 Å². The molecule has 1 aromatic rings. The molecule has 0 aliphatic carbocycles. The number of hydrogen-bond donors (Lipinski definition) is 1. The number of aryl methyl sites for hydroxylation is 1. The second-order valence-corrected chi connectivity index (χ2v) is 4.37. The van der Waals surface area contributed by atoms with Crippen LogP contribution in [0, 0.1) is 0 Å². The average Bonchev–Trinajstić information content (AvgIpc) is 2.63. The molecule has 0 amide bonds. The van der Waals surface area contributed by atoms with Crippen molar-refractivity contribution in [2.45, 2.75) is 31.8 Å². The Morgan fingerprint density at radius 3 is 3.00 bits per heavy atom. The maximum atomic E-state index is 5.97. The van der Waals surface area contributed by atoms with Gasteiger partial charge >= 0.3 is 0 Å². The number of hydrogen-bond acceptors (Lipinski definition) is 4. The van der Waals surface area contributed by atoms with Crippen LogP contribution in [0.25, 0.3) is 0 Å². The average molecular weight is 209 g/mol. The normalized spacial score (nSPS) is 25.4. The van der Waals surface area contributed by atoms with E-state index < -0.39 is 0 Å². The van der Waals surface area contributed by atoms with Gasteiger partial charge in [0.05, 0.1) is 6.04 Å². The van der Waals surface area contributed by atoms with Crippen LogP contribution in [0.15, 0.2) is 6.33 Å². The number of nitrogens with two attached hydrogens (primary N) is 1. The van der Waals surface area contributed by atoms with Gasteiger partial charge in [-0.1, -0.05) is 0 Å². The van der Waals surface area contributed by atoms with Crippen molar-refractivity contribution in [3.05, 3.63) is 12.2 Å². The summed E-state index contributed by atoms with van der Waals surface area (Å²) in [4.78, 5) is 2.39. The molecule has 2 unspecified atom stereocenters. The molecular formula is C10H19N5. The third kappa shape index (κ3) is 2.18. The minimum atomic E-state index is 0.309. The lowest BCUT2D eigenvalue weighted by Gasteiger charge is -2.34. The first-order valence-corrected chi connectivity index (χ1v) is 5.52. The van der Waals surface area contributed by atoms with Gasteiger partial charge in [0.15, 0.2) is 0 Å². The zero-order chi connectivity index (χ0) is 10.8. The van der Waals surface area contributed by atoms with Gasteiger partial charge in [-0.2, -0.15) is 0 Å². The van der Waals surface area contributed by atoms with Crippen molar-refractivity contribution >= 4 is 0 Å². The molecule has 2 atom stereocenters. The first-order valence-electron chi connectivity index (χ1n) is 5.52. The Bertz CT molecular complexity index is 321. The summed E-state index contributed by atoms with van der Waals surface area (Å²) in [5, 5.41) is 8.06. The Balaban J connectivity index is 2.07. The predicted octanol–water partition coefficient (Wildman–Crippen LogP) is 0.299. The molecule has 2 N–H and O–H groups in total. The lowest BCUT2D eigenvalue weighted by Crippen LogP contribution is -2.44. The zero-order valence-electron chi connectivity index (χ0n) is 9.43. The molecule has 2 rings (SSSR count). The van der Waals surface area contributed by atoms with Gasteiger partial charge in [0.2, 0.25) is 0 Å². The lowest BCUT2D eigenvalue weighted by atomic mass is 10.0. The number of rotatable bonds is 2. The molecule has 5 heteroatoms. The van der Waals surface area contributed by atoms with Gasteiger partial charge in [-0.3, -0.25) is 4.90 Å². The molecular weight excluding hydrogens is 190 g/mol. The van der Waals surface area contributed by atoms with Crippen molar-refractivity contribution in [2.24, 2.45) is 12.8 Å². The number of piperidine rings is 1. The van der Waals surface area contributed by atoms with Gasteiger partial charge < -0.3 is 10.3 Å². The van der Waals surface area contributed by atoms with E-state index in [4.69, 9.17) is 5.73 Å². The molecule has 0 saturated carbocycles. The quantitative estimate of drug-likeness (QED) is 0.761. The fourth-order valence-corrected chi connectivity index (χ4v) is 2.23. The third-order valence-corrected chi connectivity index (χ3v) is 3.16. The summed E-state index contributed by atoms with van der Waals surface area (Å²) in [6.07, 6.45) is 4.07. The highest BCUT2D eigenvalue weighted by atomic mass is 15.3.